The van der Waals surface area contributed by atoms with Crippen LogP contribution in [0, 0.1) is 6.92 Å². The Bertz CT molecular complexity index is 860. The second kappa shape index (κ2) is 8.30. The van der Waals surface area contributed by atoms with Crippen molar-refractivity contribution in [3.05, 3.63) is 53.6 Å². The lowest BCUT2D eigenvalue weighted by Crippen LogP contribution is -2.49. The highest BCUT2D eigenvalue weighted by Crippen LogP contribution is 2.29. The predicted octanol–water partition coefficient (Wildman–Crippen LogP) is 4.25. The van der Waals surface area contributed by atoms with E-state index in [4.69, 9.17) is 18.9 Å². The van der Waals surface area contributed by atoms with E-state index in [1.807, 2.05) is 6.92 Å². The first kappa shape index (κ1) is 20.9. The summed E-state index contributed by atoms with van der Waals surface area (Å²) in [6, 6.07) is 9.82. The number of esters is 1. The van der Waals surface area contributed by atoms with Gasteiger partial charge in [-0.1, -0.05) is 0 Å². The van der Waals surface area contributed by atoms with Gasteiger partial charge in [-0.15, -0.1) is 13.2 Å². The second-order valence-corrected chi connectivity index (χ2v) is 6.74. The number of ether oxygens (including phenoxy) is 5. The van der Waals surface area contributed by atoms with Gasteiger partial charge in [0.05, 0.1) is 18.8 Å². The molecule has 0 aliphatic carbocycles. The molecule has 0 aromatic heterocycles. The summed E-state index contributed by atoms with van der Waals surface area (Å²) in [6.07, 6.45) is -4.79. The highest BCUT2D eigenvalue weighted by Gasteiger charge is 2.34. The minimum absolute atomic E-state index is 0.0509. The van der Waals surface area contributed by atoms with Gasteiger partial charge < -0.3 is 23.7 Å². The molecule has 2 aromatic carbocycles. The Morgan fingerprint density at radius 3 is 2.31 bits per heavy atom. The summed E-state index contributed by atoms with van der Waals surface area (Å²) < 4.78 is 62.1. The maximum absolute atomic E-state index is 12.3. The molecular formula is C20H19F3O6. The predicted molar refractivity (Wildman–Crippen MR) is 95.1 cm³/mol. The first-order chi connectivity index (χ1) is 13.6. The van der Waals surface area contributed by atoms with Crippen LogP contribution in [0.25, 0.3) is 0 Å². The summed E-state index contributed by atoms with van der Waals surface area (Å²) in [5.74, 6) is -0.402. The molecule has 3 rings (SSSR count). The topological polar surface area (TPSA) is 63.2 Å². The van der Waals surface area contributed by atoms with Crippen LogP contribution in [-0.4, -0.2) is 37.9 Å². The number of halogens is 3. The number of aryl methyl sites for hydroxylation is 1. The smallest absolute Gasteiger partial charge is 0.468 e. The van der Waals surface area contributed by atoms with Crippen molar-refractivity contribution in [1.29, 1.82) is 0 Å². The molecule has 1 aliphatic heterocycles. The summed E-state index contributed by atoms with van der Waals surface area (Å²) in [6.45, 7) is 4.42. The van der Waals surface area contributed by atoms with Gasteiger partial charge in [0.1, 0.15) is 22.8 Å². The average molecular weight is 412 g/mol. The molecule has 1 aliphatic rings. The quantitative estimate of drug-likeness (QED) is 0.385. The molecule has 1 heterocycles. The van der Waals surface area contributed by atoms with Crippen LogP contribution in [0.2, 0.25) is 0 Å². The Morgan fingerprint density at radius 1 is 1.10 bits per heavy atom. The molecular weight excluding hydrogens is 393 g/mol. The lowest BCUT2D eigenvalue weighted by atomic mass is 10.1. The molecule has 0 N–H and O–H groups in total. The number of hydrogen-bond acceptors (Lipinski definition) is 6. The van der Waals surface area contributed by atoms with Crippen molar-refractivity contribution in [3.8, 4) is 17.2 Å². The summed E-state index contributed by atoms with van der Waals surface area (Å²) in [5.41, 5.74) is 0.107. The normalized spacial score (nSPS) is 15.3. The highest BCUT2D eigenvalue weighted by atomic mass is 19.4. The van der Waals surface area contributed by atoms with Crippen molar-refractivity contribution in [2.24, 2.45) is 0 Å². The van der Waals surface area contributed by atoms with Crippen molar-refractivity contribution < 1.29 is 41.7 Å². The van der Waals surface area contributed by atoms with Gasteiger partial charge in [-0.05, 0) is 61.9 Å². The number of benzene rings is 2. The zero-order valence-electron chi connectivity index (χ0n) is 15.7. The SMILES string of the molecule is Cc1cc(OC(=O)c2ccc(OCOC3(C)COC3)cc2)ccc1OC(F)(F)F. The Labute approximate surface area is 165 Å². The van der Waals surface area contributed by atoms with Crippen molar-refractivity contribution in [2.75, 3.05) is 20.0 Å². The summed E-state index contributed by atoms with van der Waals surface area (Å²) in [4.78, 5) is 12.2. The van der Waals surface area contributed by atoms with Crippen LogP contribution in [0.5, 0.6) is 17.2 Å². The molecule has 0 unspecified atom stereocenters. The van der Waals surface area contributed by atoms with E-state index in [2.05, 4.69) is 4.74 Å². The van der Waals surface area contributed by atoms with Gasteiger partial charge in [0.2, 0.25) is 0 Å². The molecule has 1 fully saturated rings. The Kier molecular flexibility index (Phi) is 5.99. The van der Waals surface area contributed by atoms with E-state index in [0.29, 0.717) is 19.0 Å². The Morgan fingerprint density at radius 2 is 1.76 bits per heavy atom. The standard InChI is InChI=1S/C20H19F3O6/c1-13-9-16(7-8-17(13)29-20(21,22)23)28-18(24)14-3-5-15(6-4-14)26-12-27-19(2)10-25-11-19/h3-9H,10-12H2,1-2H3. The molecule has 6 nitrogen and oxygen atoms in total. The largest absolute Gasteiger partial charge is 0.573 e. The van der Waals surface area contributed by atoms with E-state index in [0.717, 1.165) is 6.07 Å². The molecule has 29 heavy (non-hydrogen) atoms. The third-order valence-corrected chi connectivity index (χ3v) is 4.12. The van der Waals surface area contributed by atoms with Crippen molar-refractivity contribution in [3.63, 3.8) is 0 Å². The zero-order valence-corrected chi connectivity index (χ0v) is 15.7. The number of rotatable bonds is 7. The molecule has 9 heteroatoms. The molecule has 0 spiro atoms. The monoisotopic (exact) mass is 412 g/mol. The fraction of sp³-hybridized carbons (Fsp3) is 0.350. The van der Waals surface area contributed by atoms with Gasteiger partial charge in [-0.2, -0.15) is 0 Å². The third kappa shape index (κ3) is 5.85. The zero-order chi connectivity index (χ0) is 21.1. The molecule has 0 amide bonds. The van der Waals surface area contributed by atoms with Crippen molar-refractivity contribution >= 4 is 5.97 Å². The van der Waals surface area contributed by atoms with E-state index in [9.17, 15) is 18.0 Å². The lowest BCUT2D eigenvalue weighted by molar-refractivity contribution is -0.274. The minimum Gasteiger partial charge on any atom is -0.468 e. The van der Waals surface area contributed by atoms with E-state index in [-0.39, 0.29) is 35.0 Å². The van der Waals surface area contributed by atoms with Gasteiger partial charge in [0, 0.05) is 0 Å². The number of hydrogen-bond donors (Lipinski definition) is 0. The van der Waals surface area contributed by atoms with Crippen LogP contribution in [0.15, 0.2) is 42.5 Å². The van der Waals surface area contributed by atoms with Crippen LogP contribution in [0.4, 0.5) is 13.2 Å². The molecule has 0 bridgehead atoms. The van der Waals surface area contributed by atoms with Gasteiger partial charge >= 0.3 is 12.3 Å². The second-order valence-electron chi connectivity index (χ2n) is 6.74. The van der Waals surface area contributed by atoms with Gasteiger partial charge in [-0.25, -0.2) is 4.79 Å². The van der Waals surface area contributed by atoms with Crippen LogP contribution in [-0.2, 0) is 9.47 Å². The molecule has 1 saturated heterocycles. The van der Waals surface area contributed by atoms with Crippen molar-refractivity contribution in [2.45, 2.75) is 25.8 Å². The first-order valence-electron chi connectivity index (χ1n) is 8.67. The average Bonchev–Trinajstić information content (AvgIpc) is 2.62. The summed E-state index contributed by atoms with van der Waals surface area (Å²) >= 11 is 0. The molecule has 0 radical (unpaired) electrons. The number of alkyl halides is 3. The summed E-state index contributed by atoms with van der Waals surface area (Å²) in [5, 5.41) is 0. The van der Waals surface area contributed by atoms with E-state index < -0.39 is 12.3 Å². The highest BCUT2D eigenvalue weighted by molar-refractivity contribution is 5.91. The first-order valence-corrected chi connectivity index (χ1v) is 8.67. The molecule has 2 aromatic rings. The fourth-order valence-corrected chi connectivity index (χ4v) is 2.49. The molecule has 0 atom stereocenters. The molecule has 156 valence electrons. The third-order valence-electron chi connectivity index (χ3n) is 4.12. The summed E-state index contributed by atoms with van der Waals surface area (Å²) in [7, 11) is 0. The minimum atomic E-state index is -4.79. The fourth-order valence-electron chi connectivity index (χ4n) is 2.49. The lowest BCUT2D eigenvalue weighted by Gasteiger charge is -2.37. The Hall–Kier alpha value is -2.78. The maximum atomic E-state index is 12.3. The van der Waals surface area contributed by atoms with E-state index in [1.54, 1.807) is 12.1 Å². The Balaban J connectivity index is 1.54. The number of carbonyl (C=O) groups is 1. The van der Waals surface area contributed by atoms with E-state index >= 15 is 0 Å². The van der Waals surface area contributed by atoms with Crippen LogP contribution >= 0.6 is 0 Å². The van der Waals surface area contributed by atoms with Gasteiger partial charge in [-0.3, -0.25) is 0 Å². The van der Waals surface area contributed by atoms with Crippen LogP contribution in [0.1, 0.15) is 22.8 Å². The van der Waals surface area contributed by atoms with Crippen LogP contribution < -0.4 is 14.2 Å². The van der Waals surface area contributed by atoms with Gasteiger partial charge in [0.25, 0.3) is 0 Å². The maximum Gasteiger partial charge on any atom is 0.573 e. The van der Waals surface area contributed by atoms with Gasteiger partial charge in [0.15, 0.2) is 6.79 Å². The van der Waals surface area contributed by atoms with Crippen molar-refractivity contribution in [1.82, 2.24) is 0 Å². The van der Waals surface area contributed by atoms with Crippen LogP contribution in [0.3, 0.4) is 0 Å². The molecule has 0 saturated carbocycles. The number of carbonyl (C=O) groups excluding carboxylic acids is 1. The van der Waals surface area contributed by atoms with E-state index in [1.165, 1.54) is 31.2 Å².